The van der Waals surface area contributed by atoms with Crippen LogP contribution in [0.15, 0.2) is 0 Å². The summed E-state index contributed by atoms with van der Waals surface area (Å²) in [6.45, 7) is 0. The molecule has 1 fully saturated rings. The van der Waals surface area contributed by atoms with Crippen LogP contribution in [0.5, 0.6) is 0 Å². The molecular formula is C9H16F3NO2S. The van der Waals surface area contributed by atoms with E-state index < -0.39 is 22.1 Å². The van der Waals surface area contributed by atoms with E-state index in [0.29, 0.717) is 12.8 Å². The Labute approximate surface area is 93.5 Å². The molecule has 7 heteroatoms. The second kappa shape index (κ2) is 4.91. The fourth-order valence-corrected chi connectivity index (χ4v) is 3.17. The molecule has 1 N–H and O–H groups in total. The Morgan fingerprint density at radius 2 is 1.69 bits per heavy atom. The third kappa shape index (κ3) is 3.93. The first kappa shape index (κ1) is 13.8. The van der Waals surface area contributed by atoms with Gasteiger partial charge in [-0.3, -0.25) is 0 Å². The van der Waals surface area contributed by atoms with Gasteiger partial charge in [-0.2, -0.15) is 13.2 Å². The number of rotatable bonds is 3. The number of hydrogen-bond donors (Lipinski definition) is 1. The summed E-state index contributed by atoms with van der Waals surface area (Å²) in [5.41, 5.74) is 0. The summed E-state index contributed by atoms with van der Waals surface area (Å²) in [6.07, 6.45) is -3.36. The van der Waals surface area contributed by atoms with Crippen molar-refractivity contribution in [2.24, 2.45) is 11.8 Å². The number of halogens is 3. The molecule has 0 amide bonds. The zero-order chi connectivity index (χ0) is 12.4. The number of hydrogen-bond acceptors (Lipinski definition) is 2. The van der Waals surface area contributed by atoms with E-state index in [1.165, 1.54) is 7.05 Å². The molecule has 0 heterocycles. The van der Waals surface area contributed by atoms with Crippen LogP contribution in [0.4, 0.5) is 13.2 Å². The average molecular weight is 259 g/mol. The fraction of sp³-hybridized carbons (Fsp3) is 1.00. The standard InChI is InChI=1S/C9H16F3NO2S/c1-13-16(14,15)6-7-2-4-8(5-3-7)9(10,11)12/h7-8,13H,2-6H2,1H3. The van der Waals surface area contributed by atoms with Crippen molar-refractivity contribution >= 4 is 10.0 Å². The van der Waals surface area contributed by atoms with Crippen molar-refractivity contribution < 1.29 is 21.6 Å². The van der Waals surface area contributed by atoms with Crippen LogP contribution >= 0.6 is 0 Å². The third-order valence-electron chi connectivity index (χ3n) is 3.08. The van der Waals surface area contributed by atoms with E-state index in [9.17, 15) is 21.6 Å². The molecule has 0 aromatic rings. The summed E-state index contributed by atoms with van der Waals surface area (Å²) < 4.78 is 61.6. The van der Waals surface area contributed by atoms with Gasteiger partial charge in [0.2, 0.25) is 10.0 Å². The molecule has 0 spiro atoms. The van der Waals surface area contributed by atoms with E-state index >= 15 is 0 Å². The first-order valence-corrected chi connectivity index (χ1v) is 6.88. The first-order chi connectivity index (χ1) is 7.24. The third-order valence-corrected chi connectivity index (χ3v) is 4.61. The van der Waals surface area contributed by atoms with Gasteiger partial charge in [0.25, 0.3) is 0 Å². The normalized spacial score (nSPS) is 28.0. The first-order valence-electron chi connectivity index (χ1n) is 5.22. The lowest BCUT2D eigenvalue weighted by molar-refractivity contribution is -0.183. The van der Waals surface area contributed by atoms with Gasteiger partial charge < -0.3 is 0 Å². The minimum absolute atomic E-state index is 0.0490. The molecule has 0 aromatic carbocycles. The Balaban J connectivity index is 2.44. The van der Waals surface area contributed by atoms with Crippen LogP contribution in [0.25, 0.3) is 0 Å². The minimum Gasteiger partial charge on any atom is -0.218 e. The number of alkyl halides is 3. The van der Waals surface area contributed by atoms with Gasteiger partial charge in [0.05, 0.1) is 11.7 Å². The van der Waals surface area contributed by atoms with E-state index in [2.05, 4.69) is 4.72 Å². The maximum absolute atomic E-state index is 12.3. The summed E-state index contributed by atoms with van der Waals surface area (Å²) in [6, 6.07) is 0. The van der Waals surface area contributed by atoms with Crippen molar-refractivity contribution in [1.29, 1.82) is 0 Å². The summed E-state index contributed by atoms with van der Waals surface area (Å²) in [4.78, 5) is 0. The van der Waals surface area contributed by atoms with Crippen molar-refractivity contribution in [1.82, 2.24) is 4.72 Å². The van der Waals surface area contributed by atoms with Crippen molar-refractivity contribution in [2.75, 3.05) is 12.8 Å². The van der Waals surface area contributed by atoms with Crippen molar-refractivity contribution in [3.05, 3.63) is 0 Å². The van der Waals surface area contributed by atoms with Crippen LogP contribution in [0, 0.1) is 11.8 Å². The lowest BCUT2D eigenvalue weighted by atomic mass is 9.82. The minimum atomic E-state index is -4.13. The highest BCUT2D eigenvalue weighted by Gasteiger charge is 2.41. The Hall–Kier alpha value is -0.300. The molecule has 0 unspecified atom stereocenters. The molecule has 1 aliphatic rings. The summed E-state index contributed by atoms with van der Waals surface area (Å²) in [7, 11) is -1.99. The van der Waals surface area contributed by atoms with Crippen LogP contribution in [0.1, 0.15) is 25.7 Å². The van der Waals surface area contributed by atoms with Gasteiger partial charge in [-0.1, -0.05) is 0 Å². The van der Waals surface area contributed by atoms with Crippen molar-refractivity contribution in [2.45, 2.75) is 31.9 Å². The lowest BCUT2D eigenvalue weighted by Crippen LogP contribution is -2.32. The molecule has 0 atom stereocenters. The lowest BCUT2D eigenvalue weighted by Gasteiger charge is -2.29. The monoisotopic (exact) mass is 259 g/mol. The number of nitrogens with one attached hydrogen (secondary N) is 1. The predicted octanol–water partition coefficient (Wildman–Crippen LogP) is 1.90. The molecule has 96 valence electrons. The van der Waals surface area contributed by atoms with Gasteiger partial charge in [-0.05, 0) is 38.6 Å². The summed E-state index contributed by atoms with van der Waals surface area (Å²) >= 11 is 0. The number of sulfonamides is 1. The molecule has 0 radical (unpaired) electrons. The molecule has 0 aliphatic heterocycles. The van der Waals surface area contributed by atoms with Crippen LogP contribution in [0.3, 0.4) is 0 Å². The largest absolute Gasteiger partial charge is 0.391 e. The van der Waals surface area contributed by atoms with Crippen LogP contribution in [0.2, 0.25) is 0 Å². The summed E-state index contributed by atoms with van der Waals surface area (Å²) in [5.74, 6) is -1.45. The van der Waals surface area contributed by atoms with Gasteiger partial charge in [-0.15, -0.1) is 0 Å². The Kier molecular flexibility index (Phi) is 4.23. The molecular weight excluding hydrogens is 243 g/mol. The Morgan fingerprint density at radius 1 is 1.19 bits per heavy atom. The average Bonchev–Trinajstić information content (AvgIpc) is 2.16. The van der Waals surface area contributed by atoms with Gasteiger partial charge >= 0.3 is 6.18 Å². The Morgan fingerprint density at radius 3 is 2.06 bits per heavy atom. The van der Waals surface area contributed by atoms with E-state index in [1.807, 2.05) is 0 Å². The highest BCUT2D eigenvalue weighted by atomic mass is 32.2. The predicted molar refractivity (Wildman–Crippen MR) is 54.3 cm³/mol. The maximum atomic E-state index is 12.3. The molecule has 1 saturated carbocycles. The molecule has 0 aromatic heterocycles. The second-order valence-electron chi connectivity index (χ2n) is 4.24. The smallest absolute Gasteiger partial charge is 0.218 e. The molecule has 0 bridgehead atoms. The second-order valence-corrected chi connectivity index (χ2v) is 6.22. The highest BCUT2D eigenvalue weighted by Crippen LogP contribution is 2.39. The van der Waals surface area contributed by atoms with E-state index in [4.69, 9.17) is 0 Å². The maximum Gasteiger partial charge on any atom is 0.391 e. The topological polar surface area (TPSA) is 46.2 Å². The molecule has 16 heavy (non-hydrogen) atoms. The Bertz CT molecular complexity index is 318. The van der Waals surface area contributed by atoms with E-state index in [1.54, 1.807) is 0 Å². The quantitative estimate of drug-likeness (QED) is 0.841. The highest BCUT2D eigenvalue weighted by molar-refractivity contribution is 7.89. The van der Waals surface area contributed by atoms with E-state index in [-0.39, 0.29) is 24.5 Å². The van der Waals surface area contributed by atoms with E-state index in [0.717, 1.165) is 0 Å². The molecule has 1 aliphatic carbocycles. The van der Waals surface area contributed by atoms with Gasteiger partial charge in [-0.25, -0.2) is 13.1 Å². The van der Waals surface area contributed by atoms with Gasteiger partial charge in [0.1, 0.15) is 0 Å². The molecule has 1 rings (SSSR count). The fourth-order valence-electron chi connectivity index (χ4n) is 2.05. The zero-order valence-corrected chi connectivity index (χ0v) is 9.87. The molecule has 0 saturated heterocycles. The zero-order valence-electron chi connectivity index (χ0n) is 9.05. The SMILES string of the molecule is CNS(=O)(=O)CC1CCC(C(F)(F)F)CC1. The summed E-state index contributed by atoms with van der Waals surface area (Å²) in [5, 5.41) is 0. The van der Waals surface area contributed by atoms with Gasteiger partial charge in [0.15, 0.2) is 0 Å². The van der Waals surface area contributed by atoms with Crippen molar-refractivity contribution in [3.63, 3.8) is 0 Å². The van der Waals surface area contributed by atoms with Gasteiger partial charge in [0, 0.05) is 0 Å². The van der Waals surface area contributed by atoms with Crippen LogP contribution in [-0.2, 0) is 10.0 Å². The van der Waals surface area contributed by atoms with Crippen LogP contribution < -0.4 is 4.72 Å². The van der Waals surface area contributed by atoms with Crippen molar-refractivity contribution in [3.8, 4) is 0 Å². The molecule has 3 nitrogen and oxygen atoms in total. The van der Waals surface area contributed by atoms with Crippen LogP contribution in [-0.4, -0.2) is 27.4 Å².